The lowest BCUT2D eigenvalue weighted by atomic mass is 10.1. The molecule has 1 saturated heterocycles. The van der Waals surface area contributed by atoms with Crippen molar-refractivity contribution in [3.63, 3.8) is 0 Å². The Balaban J connectivity index is 1.72. The van der Waals surface area contributed by atoms with Gasteiger partial charge >= 0.3 is 0 Å². The molecule has 3 N–H and O–H groups in total. The number of carbonyl (C=O) groups excluding carboxylic acids is 1. The van der Waals surface area contributed by atoms with Gasteiger partial charge in [0.2, 0.25) is 5.91 Å². The van der Waals surface area contributed by atoms with Crippen LogP contribution in [-0.4, -0.2) is 36.2 Å². The zero-order valence-corrected chi connectivity index (χ0v) is 11.4. The number of aliphatic hydroxyl groups is 1. The molecular formula is C15H22N2O2. The van der Waals surface area contributed by atoms with Gasteiger partial charge in [0.15, 0.2) is 0 Å². The predicted molar refractivity (Wildman–Crippen MR) is 74.9 cm³/mol. The molecule has 4 nitrogen and oxygen atoms in total. The van der Waals surface area contributed by atoms with E-state index >= 15 is 0 Å². The van der Waals surface area contributed by atoms with Crippen LogP contribution in [0.1, 0.15) is 24.5 Å². The van der Waals surface area contributed by atoms with E-state index < -0.39 is 6.10 Å². The number of benzene rings is 1. The lowest BCUT2D eigenvalue weighted by molar-refractivity contribution is -0.122. The van der Waals surface area contributed by atoms with Crippen molar-refractivity contribution in [1.29, 1.82) is 0 Å². The van der Waals surface area contributed by atoms with Gasteiger partial charge in [0.25, 0.3) is 0 Å². The topological polar surface area (TPSA) is 61.4 Å². The maximum absolute atomic E-state index is 11.8. The van der Waals surface area contributed by atoms with Gasteiger partial charge in [0.05, 0.1) is 12.1 Å². The summed E-state index contributed by atoms with van der Waals surface area (Å²) in [7, 11) is 0. The molecule has 0 spiro atoms. The Kier molecular flexibility index (Phi) is 4.93. The Labute approximate surface area is 114 Å². The molecule has 1 aromatic rings. The van der Waals surface area contributed by atoms with Gasteiger partial charge in [-0.05, 0) is 30.4 Å². The number of aryl methyl sites for hydroxylation is 1. The fourth-order valence-electron chi connectivity index (χ4n) is 2.31. The second-order valence-electron chi connectivity index (χ2n) is 5.06. The maximum atomic E-state index is 11.8. The van der Waals surface area contributed by atoms with Crippen molar-refractivity contribution in [1.82, 2.24) is 10.6 Å². The van der Waals surface area contributed by atoms with Gasteiger partial charge in [-0.15, -0.1) is 0 Å². The third-order valence-electron chi connectivity index (χ3n) is 3.57. The minimum absolute atomic E-state index is 0.0123. The van der Waals surface area contributed by atoms with Crippen molar-refractivity contribution < 1.29 is 9.90 Å². The first-order valence-electron chi connectivity index (χ1n) is 6.96. The Morgan fingerprint density at radius 3 is 2.63 bits per heavy atom. The van der Waals surface area contributed by atoms with Crippen LogP contribution in [0.5, 0.6) is 0 Å². The summed E-state index contributed by atoms with van der Waals surface area (Å²) in [6.07, 6.45) is 2.01. The zero-order chi connectivity index (χ0) is 13.7. The van der Waals surface area contributed by atoms with Crippen LogP contribution in [0.25, 0.3) is 0 Å². The molecule has 1 aromatic carbocycles. The molecule has 1 fully saturated rings. The van der Waals surface area contributed by atoms with Crippen LogP contribution in [0.4, 0.5) is 0 Å². The first kappa shape index (κ1) is 14.0. The Hall–Kier alpha value is -1.39. The lowest BCUT2D eigenvalue weighted by Gasteiger charge is -2.11. The van der Waals surface area contributed by atoms with Gasteiger partial charge in [-0.2, -0.15) is 0 Å². The summed E-state index contributed by atoms with van der Waals surface area (Å²) in [6, 6.07) is 8.25. The number of aliphatic hydroxyl groups excluding tert-OH is 1. The van der Waals surface area contributed by atoms with Gasteiger partial charge in [0, 0.05) is 13.1 Å². The molecule has 2 rings (SSSR count). The van der Waals surface area contributed by atoms with Crippen LogP contribution in [0.2, 0.25) is 0 Å². The summed E-state index contributed by atoms with van der Waals surface area (Å²) >= 11 is 0. The number of amides is 1. The molecule has 2 unspecified atom stereocenters. The third kappa shape index (κ3) is 4.04. The summed E-state index contributed by atoms with van der Waals surface area (Å²) in [4.78, 5) is 11.8. The van der Waals surface area contributed by atoms with Crippen molar-refractivity contribution >= 4 is 5.91 Å². The maximum Gasteiger partial charge on any atom is 0.237 e. The fourth-order valence-corrected chi connectivity index (χ4v) is 2.31. The third-order valence-corrected chi connectivity index (χ3v) is 3.57. The van der Waals surface area contributed by atoms with Crippen LogP contribution >= 0.6 is 0 Å². The molecule has 0 aliphatic carbocycles. The van der Waals surface area contributed by atoms with E-state index in [0.717, 1.165) is 12.8 Å². The van der Waals surface area contributed by atoms with E-state index in [1.807, 2.05) is 0 Å². The monoisotopic (exact) mass is 262 g/mol. The molecule has 0 aromatic heterocycles. The summed E-state index contributed by atoms with van der Waals surface area (Å²) in [5, 5.41) is 15.3. The number of carbonyl (C=O) groups is 1. The summed E-state index contributed by atoms with van der Waals surface area (Å²) in [6.45, 7) is 3.29. The van der Waals surface area contributed by atoms with E-state index in [1.165, 1.54) is 11.1 Å². The average Bonchev–Trinajstić information content (AvgIpc) is 2.86. The standard InChI is InChI=1S/C15H22N2O2/c1-2-11-3-5-12(6-4-11)7-8-16-15(19)14-9-13(18)10-17-14/h3-6,13-14,17-18H,2,7-10H2,1H3,(H,16,19). The van der Waals surface area contributed by atoms with Crippen LogP contribution in [0, 0.1) is 0 Å². The first-order chi connectivity index (χ1) is 9.19. The first-order valence-corrected chi connectivity index (χ1v) is 6.96. The molecule has 0 bridgehead atoms. The quantitative estimate of drug-likeness (QED) is 0.729. The highest BCUT2D eigenvalue weighted by Crippen LogP contribution is 2.07. The van der Waals surface area contributed by atoms with E-state index in [2.05, 4.69) is 41.8 Å². The van der Waals surface area contributed by atoms with E-state index in [-0.39, 0.29) is 11.9 Å². The van der Waals surface area contributed by atoms with E-state index in [1.54, 1.807) is 0 Å². The zero-order valence-electron chi connectivity index (χ0n) is 11.4. The highest BCUT2D eigenvalue weighted by atomic mass is 16.3. The predicted octanol–water partition coefficient (Wildman–Crippen LogP) is 0.630. The van der Waals surface area contributed by atoms with Crippen LogP contribution in [0.15, 0.2) is 24.3 Å². The Morgan fingerprint density at radius 2 is 2.05 bits per heavy atom. The number of β-amino-alcohol motifs (C(OH)–C–C–N with tert-alkyl or cyclic N) is 1. The van der Waals surface area contributed by atoms with E-state index in [0.29, 0.717) is 19.5 Å². The molecule has 2 atom stereocenters. The molecule has 4 heteroatoms. The van der Waals surface area contributed by atoms with Crippen molar-refractivity contribution in [2.75, 3.05) is 13.1 Å². The highest BCUT2D eigenvalue weighted by Gasteiger charge is 2.27. The minimum Gasteiger partial charge on any atom is -0.392 e. The second kappa shape index (κ2) is 6.68. The Bertz CT molecular complexity index is 417. The molecule has 19 heavy (non-hydrogen) atoms. The van der Waals surface area contributed by atoms with Crippen molar-refractivity contribution in [3.8, 4) is 0 Å². The molecular weight excluding hydrogens is 240 g/mol. The SMILES string of the molecule is CCc1ccc(CCNC(=O)C2CC(O)CN2)cc1. The summed E-state index contributed by atoms with van der Waals surface area (Å²) in [5.41, 5.74) is 2.56. The summed E-state index contributed by atoms with van der Waals surface area (Å²) < 4.78 is 0. The smallest absolute Gasteiger partial charge is 0.237 e. The normalized spacial score (nSPS) is 22.4. The van der Waals surface area contributed by atoms with Crippen molar-refractivity contribution in [2.24, 2.45) is 0 Å². The molecule has 0 saturated carbocycles. The van der Waals surface area contributed by atoms with Crippen molar-refractivity contribution in [3.05, 3.63) is 35.4 Å². The highest BCUT2D eigenvalue weighted by molar-refractivity contribution is 5.82. The van der Waals surface area contributed by atoms with Gasteiger partial charge in [0.1, 0.15) is 0 Å². The minimum atomic E-state index is -0.391. The van der Waals surface area contributed by atoms with Gasteiger partial charge in [-0.3, -0.25) is 4.79 Å². The Morgan fingerprint density at radius 1 is 1.37 bits per heavy atom. The largest absolute Gasteiger partial charge is 0.392 e. The van der Waals surface area contributed by atoms with Crippen LogP contribution in [0.3, 0.4) is 0 Å². The average molecular weight is 262 g/mol. The molecule has 1 amide bonds. The molecule has 1 heterocycles. The van der Waals surface area contributed by atoms with Gasteiger partial charge in [-0.25, -0.2) is 0 Å². The van der Waals surface area contributed by atoms with E-state index in [4.69, 9.17) is 0 Å². The number of hydrogen-bond acceptors (Lipinski definition) is 3. The molecule has 104 valence electrons. The van der Waals surface area contributed by atoms with Crippen LogP contribution in [-0.2, 0) is 17.6 Å². The van der Waals surface area contributed by atoms with Crippen molar-refractivity contribution in [2.45, 2.75) is 38.3 Å². The van der Waals surface area contributed by atoms with Gasteiger partial charge in [-0.1, -0.05) is 31.2 Å². The van der Waals surface area contributed by atoms with E-state index in [9.17, 15) is 9.90 Å². The number of hydrogen-bond donors (Lipinski definition) is 3. The second-order valence-corrected chi connectivity index (χ2v) is 5.06. The van der Waals surface area contributed by atoms with Crippen LogP contribution < -0.4 is 10.6 Å². The summed E-state index contributed by atoms with van der Waals surface area (Å²) in [5.74, 6) is -0.0123. The number of rotatable bonds is 5. The lowest BCUT2D eigenvalue weighted by Crippen LogP contribution is -2.41. The molecule has 1 aliphatic heterocycles. The fraction of sp³-hybridized carbons (Fsp3) is 0.533. The van der Waals surface area contributed by atoms with Gasteiger partial charge < -0.3 is 15.7 Å². The molecule has 1 aliphatic rings. The molecule has 0 radical (unpaired) electrons. The number of nitrogens with one attached hydrogen (secondary N) is 2.